The van der Waals surface area contributed by atoms with Gasteiger partial charge in [0.25, 0.3) is 11.6 Å². The number of thiazole rings is 1. The number of anilines is 1. The molecule has 3 aromatic rings. The fourth-order valence-corrected chi connectivity index (χ4v) is 3.28. The van der Waals surface area contributed by atoms with Gasteiger partial charge >= 0.3 is 0 Å². The van der Waals surface area contributed by atoms with Crippen molar-refractivity contribution < 1.29 is 14.5 Å². The van der Waals surface area contributed by atoms with E-state index in [0.29, 0.717) is 22.9 Å². The number of nitro groups is 1. The lowest BCUT2D eigenvalue weighted by Crippen LogP contribution is -2.12. The molecule has 0 unspecified atom stereocenters. The highest BCUT2D eigenvalue weighted by Gasteiger charge is 2.15. The highest BCUT2D eigenvalue weighted by molar-refractivity contribution is 7.22. The second-order valence-electron chi connectivity index (χ2n) is 5.29. The molecule has 1 N–H and O–H groups in total. The minimum Gasteiger partial charge on any atom is -0.494 e. The normalized spacial score (nSPS) is 10.6. The van der Waals surface area contributed by atoms with E-state index in [1.807, 2.05) is 25.1 Å². The Morgan fingerprint density at radius 3 is 2.80 bits per heavy atom. The van der Waals surface area contributed by atoms with E-state index in [1.54, 1.807) is 6.92 Å². The molecule has 1 amide bonds. The molecule has 0 radical (unpaired) electrons. The third-order valence-electron chi connectivity index (χ3n) is 3.55. The van der Waals surface area contributed by atoms with Crippen molar-refractivity contribution >= 4 is 38.3 Å². The van der Waals surface area contributed by atoms with Crippen molar-refractivity contribution in [1.29, 1.82) is 0 Å². The Morgan fingerprint density at radius 2 is 2.12 bits per heavy atom. The number of benzene rings is 2. The third-order valence-corrected chi connectivity index (χ3v) is 4.48. The van der Waals surface area contributed by atoms with Gasteiger partial charge in [-0.05, 0) is 44.2 Å². The zero-order valence-electron chi connectivity index (χ0n) is 13.6. The van der Waals surface area contributed by atoms with Gasteiger partial charge < -0.3 is 4.74 Å². The summed E-state index contributed by atoms with van der Waals surface area (Å²) in [6.45, 7) is 4.09. The molecule has 0 saturated carbocycles. The van der Waals surface area contributed by atoms with Crippen molar-refractivity contribution in [2.75, 3.05) is 11.9 Å². The van der Waals surface area contributed by atoms with Crippen LogP contribution in [-0.2, 0) is 0 Å². The van der Waals surface area contributed by atoms with Crippen LogP contribution in [0.25, 0.3) is 10.2 Å². The average molecular weight is 357 g/mol. The predicted octanol–water partition coefficient (Wildman–Crippen LogP) is 4.16. The van der Waals surface area contributed by atoms with E-state index < -0.39 is 4.92 Å². The largest absolute Gasteiger partial charge is 0.494 e. The number of hydrogen-bond acceptors (Lipinski definition) is 6. The molecular weight excluding hydrogens is 342 g/mol. The van der Waals surface area contributed by atoms with Gasteiger partial charge in [-0.2, -0.15) is 0 Å². The molecule has 0 saturated heterocycles. The summed E-state index contributed by atoms with van der Waals surface area (Å²) in [5.41, 5.74) is 1.53. The number of aromatic nitrogens is 1. The Balaban J connectivity index is 1.82. The fraction of sp³-hybridized carbons (Fsp3) is 0.176. The van der Waals surface area contributed by atoms with Crippen LogP contribution in [0.3, 0.4) is 0 Å². The van der Waals surface area contributed by atoms with Gasteiger partial charge in [-0.3, -0.25) is 20.2 Å². The lowest BCUT2D eigenvalue weighted by molar-refractivity contribution is -0.385. The molecule has 2 aromatic carbocycles. The third kappa shape index (κ3) is 3.58. The summed E-state index contributed by atoms with van der Waals surface area (Å²) in [6, 6.07) is 9.80. The van der Waals surface area contributed by atoms with Crippen LogP contribution < -0.4 is 10.1 Å². The molecule has 3 rings (SSSR count). The second kappa shape index (κ2) is 6.86. The molecule has 7 nitrogen and oxygen atoms in total. The molecule has 0 aliphatic carbocycles. The fourth-order valence-electron chi connectivity index (χ4n) is 2.39. The number of nitrogens with zero attached hydrogens (tertiary/aromatic N) is 2. The molecule has 0 aliphatic heterocycles. The van der Waals surface area contributed by atoms with Crippen molar-refractivity contribution in [2.24, 2.45) is 0 Å². The topological polar surface area (TPSA) is 94.4 Å². The summed E-state index contributed by atoms with van der Waals surface area (Å²) in [5.74, 6) is 0.393. The van der Waals surface area contributed by atoms with Crippen LogP contribution >= 0.6 is 11.3 Å². The summed E-state index contributed by atoms with van der Waals surface area (Å²) in [6.07, 6.45) is 0. The zero-order valence-corrected chi connectivity index (χ0v) is 14.4. The summed E-state index contributed by atoms with van der Waals surface area (Å²) >= 11 is 1.34. The van der Waals surface area contributed by atoms with Crippen molar-refractivity contribution in [3.63, 3.8) is 0 Å². The molecule has 8 heteroatoms. The average Bonchev–Trinajstić information content (AvgIpc) is 2.96. The molecular formula is C17H15N3O4S. The number of rotatable bonds is 5. The molecule has 1 heterocycles. The first kappa shape index (κ1) is 16.8. The highest BCUT2D eigenvalue weighted by atomic mass is 32.1. The van der Waals surface area contributed by atoms with Gasteiger partial charge in [0.15, 0.2) is 5.13 Å². The number of nitrogens with one attached hydrogen (secondary N) is 1. The van der Waals surface area contributed by atoms with Crippen LogP contribution in [0.5, 0.6) is 5.75 Å². The van der Waals surface area contributed by atoms with E-state index in [0.717, 1.165) is 16.0 Å². The first-order chi connectivity index (χ1) is 12.0. The smallest absolute Gasteiger partial charge is 0.272 e. The van der Waals surface area contributed by atoms with Crippen LogP contribution in [0.15, 0.2) is 36.4 Å². The number of aryl methyl sites for hydroxylation is 1. The number of nitro benzene ring substituents is 1. The lowest BCUT2D eigenvalue weighted by Gasteiger charge is -2.03. The Morgan fingerprint density at radius 1 is 1.32 bits per heavy atom. The number of hydrogen-bond donors (Lipinski definition) is 1. The Hall–Kier alpha value is -3.00. The van der Waals surface area contributed by atoms with Crippen molar-refractivity contribution in [3.05, 3.63) is 57.6 Å². The molecule has 128 valence electrons. The van der Waals surface area contributed by atoms with Crippen molar-refractivity contribution in [3.8, 4) is 5.75 Å². The zero-order chi connectivity index (χ0) is 18.0. The van der Waals surface area contributed by atoms with E-state index in [-0.39, 0.29) is 11.6 Å². The molecule has 0 aliphatic rings. The first-order valence-electron chi connectivity index (χ1n) is 7.57. The summed E-state index contributed by atoms with van der Waals surface area (Å²) < 4.78 is 6.36. The highest BCUT2D eigenvalue weighted by Crippen LogP contribution is 2.29. The molecule has 0 bridgehead atoms. The van der Waals surface area contributed by atoms with E-state index in [2.05, 4.69) is 10.3 Å². The minimum absolute atomic E-state index is 0.0139. The number of amides is 1. The first-order valence-corrected chi connectivity index (χ1v) is 8.39. The van der Waals surface area contributed by atoms with Gasteiger partial charge in [-0.1, -0.05) is 11.3 Å². The van der Waals surface area contributed by atoms with Crippen LogP contribution in [0.2, 0.25) is 0 Å². The van der Waals surface area contributed by atoms with Crippen LogP contribution in [0.1, 0.15) is 22.8 Å². The quantitative estimate of drug-likeness (QED) is 0.546. The predicted molar refractivity (Wildman–Crippen MR) is 96.6 cm³/mol. The molecule has 0 spiro atoms. The van der Waals surface area contributed by atoms with E-state index in [9.17, 15) is 14.9 Å². The lowest BCUT2D eigenvalue weighted by atomic mass is 10.1. The van der Waals surface area contributed by atoms with Gasteiger partial charge in [0.1, 0.15) is 5.75 Å². The van der Waals surface area contributed by atoms with E-state index >= 15 is 0 Å². The standard InChI is InChI=1S/C17H15N3O4S/c1-3-24-12-5-6-13-15(9-12)25-17(18-13)19-16(21)11-4-7-14(20(22)23)10(2)8-11/h4-9H,3H2,1-2H3,(H,18,19,21). The van der Waals surface area contributed by atoms with E-state index in [4.69, 9.17) is 4.74 Å². The van der Waals surface area contributed by atoms with Gasteiger partial charge in [-0.25, -0.2) is 4.98 Å². The summed E-state index contributed by atoms with van der Waals surface area (Å²) in [4.78, 5) is 27.1. The molecule has 0 atom stereocenters. The van der Waals surface area contributed by atoms with Crippen LogP contribution in [0.4, 0.5) is 10.8 Å². The van der Waals surface area contributed by atoms with Crippen molar-refractivity contribution in [1.82, 2.24) is 4.98 Å². The monoisotopic (exact) mass is 357 g/mol. The SMILES string of the molecule is CCOc1ccc2nc(NC(=O)c3ccc([N+](=O)[O-])c(C)c3)sc2c1. The maximum absolute atomic E-state index is 12.4. The van der Waals surface area contributed by atoms with Gasteiger partial charge in [-0.15, -0.1) is 0 Å². The molecule has 0 fully saturated rings. The number of carbonyl (C=O) groups is 1. The number of ether oxygens (including phenoxy) is 1. The Bertz CT molecular complexity index is 968. The summed E-state index contributed by atoms with van der Waals surface area (Å²) in [7, 11) is 0. The van der Waals surface area contributed by atoms with E-state index in [1.165, 1.54) is 29.5 Å². The molecule has 25 heavy (non-hydrogen) atoms. The van der Waals surface area contributed by atoms with Gasteiger partial charge in [0.2, 0.25) is 0 Å². The number of fused-ring (bicyclic) bond motifs is 1. The van der Waals surface area contributed by atoms with Gasteiger partial charge in [0, 0.05) is 17.2 Å². The second-order valence-corrected chi connectivity index (χ2v) is 6.32. The Kier molecular flexibility index (Phi) is 4.62. The van der Waals surface area contributed by atoms with Crippen LogP contribution in [-0.4, -0.2) is 22.4 Å². The Labute approximate surface area is 147 Å². The maximum atomic E-state index is 12.4. The minimum atomic E-state index is -0.472. The number of carbonyl (C=O) groups excluding carboxylic acids is 1. The molecule has 1 aromatic heterocycles. The van der Waals surface area contributed by atoms with Gasteiger partial charge in [0.05, 0.1) is 21.7 Å². The van der Waals surface area contributed by atoms with Crippen LogP contribution in [0, 0.1) is 17.0 Å². The van der Waals surface area contributed by atoms with Crippen molar-refractivity contribution in [2.45, 2.75) is 13.8 Å². The maximum Gasteiger partial charge on any atom is 0.272 e. The summed E-state index contributed by atoms with van der Waals surface area (Å²) in [5, 5.41) is 14.0.